The van der Waals surface area contributed by atoms with Gasteiger partial charge in [0, 0.05) is 26.2 Å². The van der Waals surface area contributed by atoms with Crippen LogP contribution in [0.25, 0.3) is 0 Å². The van der Waals surface area contributed by atoms with Gasteiger partial charge in [0.2, 0.25) is 5.91 Å². The van der Waals surface area contributed by atoms with Crippen LogP contribution in [0.3, 0.4) is 0 Å². The smallest absolute Gasteiger partial charge is 0.251 e. The molecular formula is C21H22FN3O3. The number of piperazine rings is 1. The van der Waals surface area contributed by atoms with Crippen molar-refractivity contribution in [1.29, 1.82) is 0 Å². The SMILES string of the molecule is COc1ccccc1N1C(=O)CC(N2CCN(c3ccccc3F)CC2)C1=O. The Hall–Kier alpha value is -2.93. The first-order chi connectivity index (χ1) is 13.6. The molecule has 146 valence electrons. The molecule has 0 N–H and O–H groups in total. The third-order valence-corrected chi connectivity index (χ3v) is 5.40. The van der Waals surface area contributed by atoms with Gasteiger partial charge in [-0.15, -0.1) is 0 Å². The van der Waals surface area contributed by atoms with Crippen LogP contribution in [0.1, 0.15) is 6.42 Å². The number of benzene rings is 2. The van der Waals surface area contributed by atoms with Gasteiger partial charge in [-0.05, 0) is 24.3 Å². The molecule has 0 radical (unpaired) electrons. The number of para-hydroxylation sites is 3. The molecule has 7 heteroatoms. The molecule has 0 bridgehead atoms. The lowest BCUT2D eigenvalue weighted by atomic mass is 10.1. The van der Waals surface area contributed by atoms with E-state index in [9.17, 15) is 14.0 Å². The van der Waals surface area contributed by atoms with Crippen LogP contribution in [0, 0.1) is 5.82 Å². The molecule has 1 atom stereocenters. The first kappa shape index (κ1) is 18.4. The maximum atomic E-state index is 14.0. The minimum Gasteiger partial charge on any atom is -0.495 e. The molecule has 2 aromatic rings. The fourth-order valence-electron chi connectivity index (χ4n) is 3.95. The second kappa shape index (κ2) is 7.59. The highest BCUT2D eigenvalue weighted by atomic mass is 19.1. The first-order valence-electron chi connectivity index (χ1n) is 9.33. The molecule has 2 aliphatic rings. The van der Waals surface area contributed by atoms with Crippen LogP contribution in [-0.4, -0.2) is 56.0 Å². The molecule has 2 amide bonds. The van der Waals surface area contributed by atoms with E-state index in [1.807, 2.05) is 15.9 Å². The van der Waals surface area contributed by atoms with E-state index in [4.69, 9.17) is 4.74 Å². The number of rotatable bonds is 4. The normalized spacial score (nSPS) is 20.7. The molecule has 0 aliphatic carbocycles. The van der Waals surface area contributed by atoms with Gasteiger partial charge in [-0.2, -0.15) is 0 Å². The van der Waals surface area contributed by atoms with Gasteiger partial charge < -0.3 is 9.64 Å². The van der Waals surface area contributed by atoms with Gasteiger partial charge in [-0.3, -0.25) is 14.5 Å². The number of hydrogen-bond donors (Lipinski definition) is 0. The number of anilines is 2. The Morgan fingerprint density at radius 2 is 1.57 bits per heavy atom. The van der Waals surface area contributed by atoms with Gasteiger partial charge in [0.15, 0.2) is 0 Å². The Labute approximate surface area is 163 Å². The number of carbonyl (C=O) groups excluding carboxylic acids is 2. The van der Waals surface area contributed by atoms with Gasteiger partial charge in [-0.1, -0.05) is 24.3 Å². The summed E-state index contributed by atoms with van der Waals surface area (Å²) >= 11 is 0. The van der Waals surface area contributed by atoms with E-state index in [0.717, 1.165) is 0 Å². The van der Waals surface area contributed by atoms with Gasteiger partial charge in [0.05, 0.1) is 30.9 Å². The highest BCUT2D eigenvalue weighted by molar-refractivity contribution is 6.23. The quantitative estimate of drug-likeness (QED) is 0.759. The van der Waals surface area contributed by atoms with Crippen LogP contribution in [0.5, 0.6) is 5.75 Å². The van der Waals surface area contributed by atoms with Crippen LogP contribution in [-0.2, 0) is 9.59 Å². The van der Waals surface area contributed by atoms with Crippen LogP contribution in [0.2, 0.25) is 0 Å². The number of imide groups is 1. The fraction of sp³-hybridized carbons (Fsp3) is 0.333. The molecule has 2 aliphatic heterocycles. The first-order valence-corrected chi connectivity index (χ1v) is 9.33. The average Bonchev–Trinajstić information content (AvgIpc) is 3.02. The van der Waals surface area contributed by atoms with Crippen molar-refractivity contribution in [2.24, 2.45) is 0 Å². The number of nitrogens with zero attached hydrogens (tertiary/aromatic N) is 3. The Morgan fingerprint density at radius 1 is 0.929 bits per heavy atom. The third kappa shape index (κ3) is 3.22. The molecule has 0 saturated carbocycles. The van der Waals surface area contributed by atoms with Crippen molar-refractivity contribution in [1.82, 2.24) is 4.90 Å². The number of hydrogen-bond acceptors (Lipinski definition) is 5. The summed E-state index contributed by atoms with van der Waals surface area (Å²) in [6.45, 7) is 2.40. The number of methoxy groups -OCH3 is 1. The Kier molecular flexibility index (Phi) is 5.00. The Bertz CT molecular complexity index is 896. The van der Waals surface area contributed by atoms with E-state index in [2.05, 4.69) is 0 Å². The summed E-state index contributed by atoms with van der Waals surface area (Å²) in [6, 6.07) is 13.2. The van der Waals surface area contributed by atoms with Crippen molar-refractivity contribution >= 4 is 23.2 Å². The number of amides is 2. The summed E-state index contributed by atoms with van der Waals surface area (Å²) in [7, 11) is 1.52. The summed E-state index contributed by atoms with van der Waals surface area (Å²) < 4.78 is 19.3. The third-order valence-electron chi connectivity index (χ3n) is 5.40. The molecule has 0 aromatic heterocycles. The van der Waals surface area contributed by atoms with Gasteiger partial charge in [0.1, 0.15) is 11.6 Å². The number of carbonyl (C=O) groups is 2. The molecule has 2 fully saturated rings. The van der Waals surface area contributed by atoms with Crippen LogP contribution >= 0.6 is 0 Å². The van der Waals surface area contributed by atoms with Crippen LogP contribution < -0.4 is 14.5 Å². The highest BCUT2D eigenvalue weighted by Crippen LogP contribution is 2.33. The van der Waals surface area contributed by atoms with Crippen molar-refractivity contribution in [2.45, 2.75) is 12.5 Å². The van der Waals surface area contributed by atoms with Crippen molar-refractivity contribution in [3.05, 3.63) is 54.3 Å². The van der Waals surface area contributed by atoms with Crippen LogP contribution in [0.15, 0.2) is 48.5 Å². The lowest BCUT2D eigenvalue weighted by molar-refractivity contribution is -0.123. The Balaban J connectivity index is 1.47. The molecule has 6 nitrogen and oxygen atoms in total. The summed E-state index contributed by atoms with van der Waals surface area (Å²) in [5.41, 5.74) is 1.05. The van der Waals surface area contributed by atoms with Gasteiger partial charge >= 0.3 is 0 Å². The zero-order chi connectivity index (χ0) is 19.7. The second-order valence-corrected chi connectivity index (χ2v) is 6.93. The molecule has 1 unspecified atom stereocenters. The van der Waals surface area contributed by atoms with Gasteiger partial charge in [-0.25, -0.2) is 9.29 Å². The van der Waals surface area contributed by atoms with E-state index in [-0.39, 0.29) is 24.1 Å². The highest BCUT2D eigenvalue weighted by Gasteiger charge is 2.44. The summed E-state index contributed by atoms with van der Waals surface area (Å²) in [4.78, 5) is 30.9. The molecule has 2 saturated heterocycles. The minimum absolute atomic E-state index is 0.149. The molecule has 4 rings (SSSR count). The molecule has 28 heavy (non-hydrogen) atoms. The summed E-state index contributed by atoms with van der Waals surface area (Å²) in [6.07, 6.45) is 0.149. The summed E-state index contributed by atoms with van der Waals surface area (Å²) in [5.74, 6) is -0.204. The average molecular weight is 383 g/mol. The van der Waals surface area contributed by atoms with E-state index in [0.29, 0.717) is 43.3 Å². The topological polar surface area (TPSA) is 53.1 Å². The predicted octanol–water partition coefficient (Wildman–Crippen LogP) is 2.29. The largest absolute Gasteiger partial charge is 0.495 e. The van der Waals surface area contributed by atoms with Crippen molar-refractivity contribution < 1.29 is 18.7 Å². The predicted molar refractivity (Wildman–Crippen MR) is 104 cm³/mol. The van der Waals surface area contributed by atoms with E-state index < -0.39 is 6.04 Å². The molecule has 2 aromatic carbocycles. The lowest BCUT2D eigenvalue weighted by Gasteiger charge is -2.38. The Morgan fingerprint density at radius 3 is 2.25 bits per heavy atom. The molecule has 0 spiro atoms. The maximum absolute atomic E-state index is 14.0. The monoisotopic (exact) mass is 383 g/mol. The molecule has 2 heterocycles. The van der Waals surface area contributed by atoms with E-state index >= 15 is 0 Å². The van der Waals surface area contributed by atoms with Crippen molar-refractivity contribution in [3.63, 3.8) is 0 Å². The van der Waals surface area contributed by atoms with Crippen molar-refractivity contribution in [2.75, 3.05) is 43.1 Å². The van der Waals surface area contributed by atoms with Crippen LogP contribution in [0.4, 0.5) is 15.8 Å². The standard InChI is InChI=1S/C21H22FN3O3/c1-28-19-9-5-4-8-17(19)25-20(26)14-18(21(25)27)24-12-10-23(11-13-24)16-7-3-2-6-15(16)22/h2-9,18H,10-14H2,1H3. The fourth-order valence-corrected chi connectivity index (χ4v) is 3.95. The van der Waals surface area contributed by atoms with Gasteiger partial charge in [0.25, 0.3) is 5.91 Å². The van der Waals surface area contributed by atoms with E-state index in [1.54, 1.807) is 36.4 Å². The number of ether oxygens (including phenoxy) is 1. The second-order valence-electron chi connectivity index (χ2n) is 6.93. The zero-order valence-electron chi connectivity index (χ0n) is 15.7. The zero-order valence-corrected chi connectivity index (χ0v) is 15.7. The maximum Gasteiger partial charge on any atom is 0.251 e. The minimum atomic E-state index is -0.486. The van der Waals surface area contributed by atoms with E-state index in [1.165, 1.54) is 18.1 Å². The van der Waals surface area contributed by atoms with Crippen molar-refractivity contribution in [3.8, 4) is 5.75 Å². The number of halogens is 1. The summed E-state index contributed by atoms with van der Waals surface area (Å²) in [5, 5.41) is 0. The molecular weight excluding hydrogens is 361 g/mol. The lowest BCUT2D eigenvalue weighted by Crippen LogP contribution is -2.52.